The van der Waals surface area contributed by atoms with Gasteiger partial charge in [0.15, 0.2) is 11.5 Å². The number of nitrogens with one attached hydrogen (secondary N) is 1. The van der Waals surface area contributed by atoms with Crippen LogP contribution in [0.25, 0.3) is 6.08 Å². The van der Waals surface area contributed by atoms with Crippen molar-refractivity contribution in [2.75, 3.05) is 40.0 Å². The van der Waals surface area contributed by atoms with Gasteiger partial charge in [-0.05, 0) is 29.3 Å². The second-order valence-electron chi connectivity index (χ2n) is 7.01. The number of halogens is 2. The number of nitrogens with zero attached hydrogens (tertiary/aromatic N) is 1. The lowest BCUT2D eigenvalue weighted by Gasteiger charge is -2.31. The number of hydrogen-bond acceptors (Lipinski definition) is 5. The van der Waals surface area contributed by atoms with E-state index >= 15 is 0 Å². The molecule has 0 aliphatic carbocycles. The minimum atomic E-state index is -2.94. The number of morpholine rings is 1. The summed E-state index contributed by atoms with van der Waals surface area (Å²) in [5.74, 6) is -0.153. The Bertz CT molecular complexity index is 871. The molecule has 166 valence electrons. The summed E-state index contributed by atoms with van der Waals surface area (Å²) in [6, 6.07) is 14.1. The minimum Gasteiger partial charge on any atom is -0.493 e. The summed E-state index contributed by atoms with van der Waals surface area (Å²) < 4.78 is 39.8. The maximum atomic E-state index is 12.6. The van der Waals surface area contributed by atoms with Gasteiger partial charge in [0, 0.05) is 25.7 Å². The molecular formula is C23H26F2N2O4. The number of rotatable bonds is 9. The highest BCUT2D eigenvalue weighted by Gasteiger charge is 2.19. The van der Waals surface area contributed by atoms with Crippen molar-refractivity contribution < 1.29 is 27.8 Å². The molecule has 1 N–H and O–H groups in total. The van der Waals surface area contributed by atoms with E-state index in [2.05, 4.69) is 15.0 Å². The van der Waals surface area contributed by atoms with E-state index in [1.165, 1.54) is 25.3 Å². The number of benzene rings is 2. The average Bonchev–Trinajstić information content (AvgIpc) is 2.79. The Labute approximate surface area is 180 Å². The van der Waals surface area contributed by atoms with Gasteiger partial charge >= 0.3 is 6.61 Å². The zero-order valence-electron chi connectivity index (χ0n) is 17.3. The summed E-state index contributed by atoms with van der Waals surface area (Å²) in [4.78, 5) is 14.9. The molecule has 1 aliphatic heterocycles. The lowest BCUT2D eigenvalue weighted by atomic mass is 10.1. The van der Waals surface area contributed by atoms with Crippen LogP contribution in [0.15, 0.2) is 54.6 Å². The number of alkyl halides is 2. The summed E-state index contributed by atoms with van der Waals surface area (Å²) in [5.41, 5.74) is 1.64. The van der Waals surface area contributed by atoms with Crippen molar-refractivity contribution >= 4 is 12.0 Å². The number of amides is 1. The Morgan fingerprint density at radius 1 is 1.16 bits per heavy atom. The van der Waals surface area contributed by atoms with Crippen LogP contribution in [0.1, 0.15) is 17.2 Å². The summed E-state index contributed by atoms with van der Waals surface area (Å²) in [7, 11) is 1.37. The minimum absolute atomic E-state index is 0.0613. The van der Waals surface area contributed by atoms with Gasteiger partial charge in [0.05, 0.1) is 26.4 Å². The highest BCUT2D eigenvalue weighted by molar-refractivity contribution is 5.92. The van der Waals surface area contributed by atoms with Crippen molar-refractivity contribution in [3.05, 3.63) is 65.7 Å². The first kappa shape index (κ1) is 22.7. The van der Waals surface area contributed by atoms with Crippen LogP contribution < -0.4 is 14.8 Å². The number of hydrogen-bond donors (Lipinski definition) is 1. The van der Waals surface area contributed by atoms with Gasteiger partial charge in [-0.2, -0.15) is 8.78 Å². The van der Waals surface area contributed by atoms with Gasteiger partial charge in [-0.25, -0.2) is 0 Å². The van der Waals surface area contributed by atoms with Crippen LogP contribution in [0.3, 0.4) is 0 Å². The molecule has 2 aromatic carbocycles. The van der Waals surface area contributed by atoms with E-state index in [4.69, 9.17) is 9.47 Å². The third kappa shape index (κ3) is 7.04. The molecular weight excluding hydrogens is 406 g/mol. The van der Waals surface area contributed by atoms with Crippen molar-refractivity contribution in [2.24, 2.45) is 0 Å². The topological polar surface area (TPSA) is 60.0 Å². The third-order valence-corrected chi connectivity index (χ3v) is 4.89. The summed E-state index contributed by atoms with van der Waals surface area (Å²) in [5, 5.41) is 3.05. The molecule has 3 rings (SSSR count). The SMILES string of the molecule is COc1cc(/C=C/C(=O)NC(CN2CCOCC2)c2ccccc2)ccc1OC(F)F. The Kier molecular flexibility index (Phi) is 8.37. The quantitative estimate of drug-likeness (QED) is 0.615. The Morgan fingerprint density at radius 3 is 2.58 bits per heavy atom. The van der Waals surface area contributed by atoms with Gasteiger partial charge < -0.3 is 19.5 Å². The standard InChI is InChI=1S/C23H26F2N2O4/c1-29-21-15-17(7-9-20(21)31-23(24)25)8-10-22(28)26-19(18-5-3-2-4-6-18)16-27-11-13-30-14-12-27/h2-10,15,19,23H,11-14,16H2,1H3,(H,26,28)/b10-8+. The molecule has 1 aliphatic rings. The first-order valence-electron chi connectivity index (χ1n) is 10.0. The number of ether oxygens (including phenoxy) is 3. The molecule has 0 bridgehead atoms. The average molecular weight is 432 g/mol. The Hall–Kier alpha value is -2.97. The van der Waals surface area contributed by atoms with Crippen molar-refractivity contribution in [2.45, 2.75) is 12.7 Å². The monoisotopic (exact) mass is 432 g/mol. The predicted octanol–water partition coefficient (Wildman–Crippen LogP) is 3.50. The Morgan fingerprint density at radius 2 is 1.90 bits per heavy atom. The van der Waals surface area contributed by atoms with Crippen LogP contribution in [0.2, 0.25) is 0 Å². The number of carbonyl (C=O) groups excluding carboxylic acids is 1. The van der Waals surface area contributed by atoms with Gasteiger partial charge in [-0.1, -0.05) is 36.4 Å². The predicted molar refractivity (Wildman–Crippen MR) is 113 cm³/mol. The molecule has 0 radical (unpaired) electrons. The van der Waals surface area contributed by atoms with Crippen LogP contribution in [0, 0.1) is 0 Å². The molecule has 31 heavy (non-hydrogen) atoms. The summed E-state index contributed by atoms with van der Waals surface area (Å²) >= 11 is 0. The fourth-order valence-electron chi connectivity index (χ4n) is 3.33. The number of methoxy groups -OCH3 is 1. The highest BCUT2D eigenvalue weighted by Crippen LogP contribution is 2.29. The van der Waals surface area contributed by atoms with Crippen molar-refractivity contribution in [3.8, 4) is 11.5 Å². The molecule has 0 spiro atoms. The van der Waals surface area contributed by atoms with Gasteiger partial charge in [0.2, 0.25) is 5.91 Å². The molecule has 1 amide bonds. The maximum absolute atomic E-state index is 12.6. The molecule has 1 heterocycles. The van der Waals surface area contributed by atoms with E-state index in [0.717, 1.165) is 18.7 Å². The van der Waals surface area contributed by atoms with Crippen molar-refractivity contribution in [3.63, 3.8) is 0 Å². The molecule has 8 heteroatoms. The van der Waals surface area contributed by atoms with Crippen molar-refractivity contribution in [1.29, 1.82) is 0 Å². The molecule has 2 aromatic rings. The van der Waals surface area contributed by atoms with Crippen LogP contribution in [0.4, 0.5) is 8.78 Å². The second kappa shape index (κ2) is 11.4. The van der Waals surface area contributed by atoms with Gasteiger partial charge in [0.25, 0.3) is 0 Å². The first-order chi connectivity index (χ1) is 15.0. The van der Waals surface area contributed by atoms with Crippen molar-refractivity contribution in [1.82, 2.24) is 10.2 Å². The van der Waals surface area contributed by atoms with Crippen LogP contribution in [0.5, 0.6) is 11.5 Å². The molecule has 6 nitrogen and oxygen atoms in total. The van der Waals surface area contributed by atoms with E-state index < -0.39 is 6.61 Å². The molecule has 1 unspecified atom stereocenters. The fraction of sp³-hybridized carbons (Fsp3) is 0.348. The normalized spacial score (nSPS) is 15.7. The summed E-state index contributed by atoms with van der Waals surface area (Å²) in [6.07, 6.45) is 3.01. The third-order valence-electron chi connectivity index (χ3n) is 4.89. The maximum Gasteiger partial charge on any atom is 0.387 e. The second-order valence-corrected chi connectivity index (χ2v) is 7.01. The van der Waals surface area contributed by atoms with E-state index in [1.807, 2.05) is 30.3 Å². The lowest BCUT2D eigenvalue weighted by molar-refractivity contribution is -0.117. The first-order valence-corrected chi connectivity index (χ1v) is 10.0. The van der Waals surface area contributed by atoms with E-state index in [9.17, 15) is 13.6 Å². The molecule has 0 aromatic heterocycles. The summed E-state index contributed by atoms with van der Waals surface area (Å²) in [6.45, 7) is 0.747. The lowest BCUT2D eigenvalue weighted by Crippen LogP contribution is -2.42. The molecule has 0 saturated carbocycles. The van der Waals surface area contributed by atoms with Crippen LogP contribution >= 0.6 is 0 Å². The largest absolute Gasteiger partial charge is 0.493 e. The van der Waals surface area contributed by atoms with Crippen LogP contribution in [-0.4, -0.2) is 57.4 Å². The van der Waals surface area contributed by atoms with E-state index in [1.54, 1.807) is 12.1 Å². The number of carbonyl (C=O) groups is 1. The van der Waals surface area contributed by atoms with Gasteiger partial charge in [0.1, 0.15) is 0 Å². The Balaban J connectivity index is 1.67. The van der Waals surface area contributed by atoms with E-state index in [0.29, 0.717) is 25.3 Å². The zero-order valence-corrected chi connectivity index (χ0v) is 17.3. The van der Waals surface area contributed by atoms with Crippen LogP contribution in [-0.2, 0) is 9.53 Å². The smallest absolute Gasteiger partial charge is 0.387 e. The molecule has 1 fully saturated rings. The molecule has 1 saturated heterocycles. The molecule has 1 atom stereocenters. The van der Waals surface area contributed by atoms with E-state index in [-0.39, 0.29) is 23.4 Å². The fourth-order valence-corrected chi connectivity index (χ4v) is 3.33. The zero-order chi connectivity index (χ0) is 22.1. The van der Waals surface area contributed by atoms with Gasteiger partial charge in [-0.15, -0.1) is 0 Å². The van der Waals surface area contributed by atoms with Gasteiger partial charge in [-0.3, -0.25) is 9.69 Å². The highest BCUT2D eigenvalue weighted by atomic mass is 19.3.